The van der Waals surface area contributed by atoms with Gasteiger partial charge in [0.05, 0.1) is 6.04 Å². The number of carbonyl (C=O) groups excluding carboxylic acids is 1. The molecular formula is C21H24ClN3O. The first-order chi connectivity index (χ1) is 12.6. The van der Waals surface area contributed by atoms with Crippen LogP contribution in [-0.2, 0) is 19.4 Å². The number of aryl methyl sites for hydroxylation is 1. The Hall–Kier alpha value is -2.20. The predicted molar refractivity (Wildman–Crippen MR) is 106 cm³/mol. The van der Waals surface area contributed by atoms with Crippen molar-refractivity contribution in [2.24, 2.45) is 0 Å². The van der Waals surface area contributed by atoms with E-state index in [4.69, 9.17) is 11.6 Å². The van der Waals surface area contributed by atoms with E-state index in [-0.39, 0.29) is 12.1 Å². The quantitative estimate of drug-likeness (QED) is 0.851. The molecule has 0 saturated carbocycles. The van der Waals surface area contributed by atoms with Gasteiger partial charge in [-0.15, -0.1) is 0 Å². The minimum Gasteiger partial charge on any atom is -0.374 e. The number of benzene rings is 2. The average Bonchev–Trinajstić information content (AvgIpc) is 3.04. The Bertz CT molecular complexity index is 836. The van der Waals surface area contributed by atoms with Gasteiger partial charge in [-0.25, -0.2) is 4.79 Å². The number of nitrogens with zero attached hydrogens (tertiary/aromatic N) is 1. The lowest BCUT2D eigenvalue weighted by atomic mass is 9.99. The fraction of sp³-hybridized carbons (Fsp3) is 0.381. The van der Waals surface area contributed by atoms with Crippen molar-refractivity contribution in [1.82, 2.24) is 10.6 Å². The Morgan fingerprint density at radius 3 is 3.04 bits per heavy atom. The van der Waals surface area contributed by atoms with Crippen LogP contribution in [0.25, 0.3) is 0 Å². The summed E-state index contributed by atoms with van der Waals surface area (Å²) in [6.07, 6.45) is 4.11. The fourth-order valence-electron chi connectivity index (χ4n) is 4.10. The van der Waals surface area contributed by atoms with Crippen LogP contribution >= 0.6 is 11.6 Å². The molecule has 2 aromatic rings. The molecule has 0 bridgehead atoms. The Labute approximate surface area is 159 Å². The van der Waals surface area contributed by atoms with Crippen LogP contribution in [0.1, 0.15) is 41.1 Å². The average molecular weight is 370 g/mol. The molecule has 2 aliphatic rings. The van der Waals surface area contributed by atoms with Crippen LogP contribution in [-0.4, -0.2) is 19.6 Å². The summed E-state index contributed by atoms with van der Waals surface area (Å²) in [5.41, 5.74) is 6.13. The zero-order valence-electron chi connectivity index (χ0n) is 15.0. The van der Waals surface area contributed by atoms with Gasteiger partial charge in [0.25, 0.3) is 0 Å². The van der Waals surface area contributed by atoms with Gasteiger partial charge in [0.1, 0.15) is 0 Å². The Morgan fingerprint density at radius 1 is 1.27 bits per heavy atom. The monoisotopic (exact) mass is 369 g/mol. The summed E-state index contributed by atoms with van der Waals surface area (Å²) in [5, 5.41) is 6.88. The lowest BCUT2D eigenvalue weighted by Gasteiger charge is -2.27. The van der Waals surface area contributed by atoms with Crippen molar-refractivity contribution in [3.8, 4) is 0 Å². The van der Waals surface area contributed by atoms with Crippen LogP contribution in [0, 0.1) is 0 Å². The molecule has 0 saturated heterocycles. The number of urea groups is 1. The van der Waals surface area contributed by atoms with E-state index < -0.39 is 0 Å². The van der Waals surface area contributed by atoms with Crippen LogP contribution < -0.4 is 15.5 Å². The number of hydrogen-bond acceptors (Lipinski definition) is 2. The zero-order chi connectivity index (χ0) is 18.1. The third kappa shape index (κ3) is 3.38. The van der Waals surface area contributed by atoms with Crippen molar-refractivity contribution in [3.05, 3.63) is 63.7 Å². The summed E-state index contributed by atoms with van der Waals surface area (Å²) < 4.78 is 0. The van der Waals surface area contributed by atoms with E-state index in [2.05, 4.69) is 46.8 Å². The molecule has 1 heterocycles. The molecule has 2 aromatic carbocycles. The van der Waals surface area contributed by atoms with Gasteiger partial charge < -0.3 is 15.5 Å². The number of amides is 2. The summed E-state index contributed by atoms with van der Waals surface area (Å²) in [6, 6.07) is 12.3. The molecule has 0 spiro atoms. The molecule has 4 nitrogen and oxygen atoms in total. The van der Waals surface area contributed by atoms with Gasteiger partial charge in [-0.05, 0) is 60.1 Å². The standard InChI is InChI=1S/C21H24ClN3O/c1-25-11-3-4-15-12-14(7-10-20(15)25)13-23-21(26)24-19-9-8-16-17(19)5-2-6-18(16)22/h2,5-7,10,12,19H,3-4,8-9,11,13H2,1H3,(H2,23,24,26). The molecule has 5 heteroatoms. The first-order valence-corrected chi connectivity index (χ1v) is 9.64. The molecule has 0 radical (unpaired) electrons. The van der Waals surface area contributed by atoms with Gasteiger partial charge in [-0.1, -0.05) is 35.9 Å². The molecule has 1 aliphatic heterocycles. The van der Waals surface area contributed by atoms with Crippen molar-refractivity contribution < 1.29 is 4.79 Å². The van der Waals surface area contributed by atoms with Gasteiger partial charge in [-0.3, -0.25) is 0 Å². The van der Waals surface area contributed by atoms with Crippen molar-refractivity contribution in [2.75, 3.05) is 18.5 Å². The van der Waals surface area contributed by atoms with Gasteiger partial charge in [0.15, 0.2) is 0 Å². The maximum Gasteiger partial charge on any atom is 0.315 e. The molecule has 0 fully saturated rings. The highest BCUT2D eigenvalue weighted by Gasteiger charge is 2.25. The molecule has 136 valence electrons. The van der Waals surface area contributed by atoms with Crippen LogP contribution in [0.5, 0.6) is 0 Å². The highest BCUT2D eigenvalue weighted by Crippen LogP contribution is 2.35. The number of anilines is 1. The summed E-state index contributed by atoms with van der Waals surface area (Å²) in [6.45, 7) is 1.65. The van der Waals surface area contributed by atoms with Gasteiger partial charge in [-0.2, -0.15) is 0 Å². The third-order valence-electron chi connectivity index (χ3n) is 5.47. The van der Waals surface area contributed by atoms with Gasteiger partial charge in [0.2, 0.25) is 0 Å². The van der Waals surface area contributed by atoms with E-state index in [1.165, 1.54) is 23.2 Å². The SMILES string of the molecule is CN1CCCc2cc(CNC(=O)NC3CCc4c(Cl)cccc43)ccc21. The summed E-state index contributed by atoms with van der Waals surface area (Å²) in [5.74, 6) is 0. The lowest BCUT2D eigenvalue weighted by molar-refractivity contribution is 0.236. The molecule has 0 aromatic heterocycles. The molecule has 1 atom stereocenters. The number of hydrogen-bond donors (Lipinski definition) is 2. The number of fused-ring (bicyclic) bond motifs is 2. The lowest BCUT2D eigenvalue weighted by Crippen LogP contribution is -2.37. The van der Waals surface area contributed by atoms with Crippen LogP contribution in [0.15, 0.2) is 36.4 Å². The van der Waals surface area contributed by atoms with Crippen molar-refractivity contribution in [3.63, 3.8) is 0 Å². The second-order valence-corrected chi connectivity index (χ2v) is 7.62. The van der Waals surface area contributed by atoms with E-state index in [1.807, 2.05) is 12.1 Å². The summed E-state index contributed by atoms with van der Waals surface area (Å²) in [7, 11) is 2.13. The van der Waals surface area contributed by atoms with Crippen molar-refractivity contribution in [1.29, 1.82) is 0 Å². The smallest absolute Gasteiger partial charge is 0.315 e. The van der Waals surface area contributed by atoms with Gasteiger partial charge >= 0.3 is 6.03 Å². The van der Waals surface area contributed by atoms with Crippen LogP contribution in [0.2, 0.25) is 5.02 Å². The topological polar surface area (TPSA) is 44.4 Å². The predicted octanol–water partition coefficient (Wildman–Crippen LogP) is 4.21. The molecule has 1 aliphatic carbocycles. The minimum atomic E-state index is -0.127. The molecule has 2 N–H and O–H groups in total. The second kappa shape index (κ2) is 7.20. The van der Waals surface area contributed by atoms with Crippen LogP contribution in [0.3, 0.4) is 0 Å². The van der Waals surface area contributed by atoms with E-state index in [0.717, 1.165) is 42.0 Å². The first-order valence-electron chi connectivity index (χ1n) is 9.26. The Morgan fingerprint density at radius 2 is 2.15 bits per heavy atom. The minimum absolute atomic E-state index is 0.0425. The molecule has 4 rings (SSSR count). The van der Waals surface area contributed by atoms with Crippen molar-refractivity contribution in [2.45, 2.75) is 38.3 Å². The fourth-order valence-corrected chi connectivity index (χ4v) is 4.38. The molecular weight excluding hydrogens is 346 g/mol. The maximum atomic E-state index is 12.3. The molecule has 2 amide bonds. The number of nitrogens with one attached hydrogen (secondary N) is 2. The van der Waals surface area contributed by atoms with E-state index >= 15 is 0 Å². The first kappa shape index (κ1) is 17.2. The zero-order valence-corrected chi connectivity index (χ0v) is 15.8. The van der Waals surface area contributed by atoms with E-state index in [9.17, 15) is 4.79 Å². The summed E-state index contributed by atoms with van der Waals surface area (Å²) in [4.78, 5) is 14.6. The molecule has 26 heavy (non-hydrogen) atoms. The normalized spacial score (nSPS) is 18.2. The Balaban J connectivity index is 1.36. The highest BCUT2D eigenvalue weighted by atomic mass is 35.5. The van der Waals surface area contributed by atoms with Crippen molar-refractivity contribution >= 4 is 23.3 Å². The van der Waals surface area contributed by atoms with E-state index in [0.29, 0.717) is 6.54 Å². The number of carbonyl (C=O) groups is 1. The number of rotatable bonds is 3. The maximum absolute atomic E-state index is 12.3. The van der Waals surface area contributed by atoms with E-state index in [1.54, 1.807) is 0 Å². The van der Waals surface area contributed by atoms with Gasteiger partial charge in [0, 0.05) is 30.8 Å². The van der Waals surface area contributed by atoms with Crippen LogP contribution in [0.4, 0.5) is 10.5 Å². The highest BCUT2D eigenvalue weighted by molar-refractivity contribution is 6.31. The summed E-state index contributed by atoms with van der Waals surface area (Å²) >= 11 is 6.25. The third-order valence-corrected chi connectivity index (χ3v) is 5.82. The Kier molecular flexibility index (Phi) is 4.77. The molecule has 1 unspecified atom stereocenters. The number of halogens is 1. The largest absolute Gasteiger partial charge is 0.374 e. The second-order valence-electron chi connectivity index (χ2n) is 7.21.